The molecule has 0 radical (unpaired) electrons. The Kier molecular flexibility index (Phi) is 4.58. The van der Waals surface area contributed by atoms with Crippen LogP contribution in [0, 0.1) is 0 Å². The molecule has 3 heterocycles. The molecule has 4 rings (SSSR count). The summed E-state index contributed by atoms with van der Waals surface area (Å²) in [6.45, 7) is 8.34. The Morgan fingerprint density at radius 2 is 1.92 bits per heavy atom. The molecule has 0 aliphatic carbocycles. The lowest BCUT2D eigenvalue weighted by Gasteiger charge is -2.05. The molecule has 0 saturated heterocycles. The van der Waals surface area contributed by atoms with Crippen LogP contribution in [-0.2, 0) is 0 Å². The van der Waals surface area contributed by atoms with E-state index in [0.717, 1.165) is 27.8 Å². The summed E-state index contributed by atoms with van der Waals surface area (Å²) in [5.41, 5.74) is 4.86. The number of rotatable bonds is 2. The lowest BCUT2D eigenvalue weighted by molar-refractivity contribution is 0.836. The molecule has 0 fully saturated rings. The molecule has 0 atom stereocenters. The van der Waals surface area contributed by atoms with Crippen molar-refractivity contribution in [1.82, 2.24) is 19.4 Å². The number of fused-ring (bicyclic) bond motifs is 2. The lowest BCUT2D eigenvalue weighted by atomic mass is 10.1. The molecule has 1 aromatic carbocycles. The van der Waals surface area contributed by atoms with Crippen LogP contribution in [0.2, 0.25) is 5.02 Å². The molecule has 5 heteroatoms. The summed E-state index contributed by atoms with van der Waals surface area (Å²) < 4.78 is 1.94. The van der Waals surface area contributed by atoms with Crippen molar-refractivity contribution < 1.29 is 0 Å². The van der Waals surface area contributed by atoms with Crippen molar-refractivity contribution >= 4 is 28.2 Å². The zero-order valence-electron chi connectivity index (χ0n) is 14.3. The standard InChI is InChI=1S/C17H15ClN4.C2H6/c1-10(2)14-6-11-5-13(18)12(7-15(11)21-14)16-9-22-4-3-19-17(22)8-20-16;1-2/h3-10,21H,1-2H3;1-2H3. The van der Waals surface area contributed by atoms with Gasteiger partial charge in [-0.05, 0) is 24.1 Å². The number of nitrogens with zero attached hydrogens (tertiary/aromatic N) is 3. The van der Waals surface area contributed by atoms with Gasteiger partial charge in [0.25, 0.3) is 0 Å². The van der Waals surface area contributed by atoms with Gasteiger partial charge in [0.1, 0.15) is 0 Å². The summed E-state index contributed by atoms with van der Waals surface area (Å²) in [6.07, 6.45) is 7.36. The summed E-state index contributed by atoms with van der Waals surface area (Å²) in [5, 5.41) is 1.83. The van der Waals surface area contributed by atoms with E-state index in [-0.39, 0.29) is 0 Å². The summed E-state index contributed by atoms with van der Waals surface area (Å²) in [7, 11) is 0. The quantitative estimate of drug-likeness (QED) is 0.510. The summed E-state index contributed by atoms with van der Waals surface area (Å²) in [4.78, 5) is 12.1. The molecule has 0 saturated carbocycles. The molecule has 1 N–H and O–H groups in total. The highest BCUT2D eigenvalue weighted by molar-refractivity contribution is 6.34. The van der Waals surface area contributed by atoms with Gasteiger partial charge in [0.15, 0.2) is 5.65 Å². The lowest BCUT2D eigenvalue weighted by Crippen LogP contribution is -1.91. The van der Waals surface area contributed by atoms with Gasteiger partial charge in [-0.25, -0.2) is 4.98 Å². The predicted octanol–water partition coefficient (Wildman–Crippen LogP) is 5.68. The van der Waals surface area contributed by atoms with Gasteiger partial charge in [0, 0.05) is 40.8 Å². The molecule has 0 bridgehead atoms. The van der Waals surface area contributed by atoms with E-state index in [0.29, 0.717) is 10.9 Å². The van der Waals surface area contributed by atoms with Gasteiger partial charge in [0.2, 0.25) is 0 Å². The predicted molar refractivity (Wildman–Crippen MR) is 101 cm³/mol. The number of benzene rings is 1. The van der Waals surface area contributed by atoms with Gasteiger partial charge in [-0.3, -0.25) is 4.98 Å². The number of imidazole rings is 1. The average molecular weight is 341 g/mol. The molecule has 4 aromatic rings. The highest BCUT2D eigenvalue weighted by Crippen LogP contribution is 2.32. The molecular formula is C19H21ClN4. The minimum Gasteiger partial charge on any atom is -0.358 e. The fourth-order valence-corrected chi connectivity index (χ4v) is 2.92. The first-order valence-electron chi connectivity index (χ1n) is 8.23. The summed E-state index contributed by atoms with van der Waals surface area (Å²) in [6, 6.07) is 6.21. The third-order valence-electron chi connectivity index (χ3n) is 3.91. The number of aromatic nitrogens is 4. The fourth-order valence-electron chi connectivity index (χ4n) is 2.65. The zero-order chi connectivity index (χ0) is 17.3. The molecule has 0 spiro atoms. The van der Waals surface area contributed by atoms with Gasteiger partial charge >= 0.3 is 0 Å². The first-order chi connectivity index (χ1) is 11.6. The number of H-pyrrole nitrogens is 1. The molecule has 4 nitrogen and oxygen atoms in total. The number of halogens is 1. The van der Waals surface area contributed by atoms with Crippen LogP contribution in [0.4, 0.5) is 0 Å². The number of hydrogen-bond donors (Lipinski definition) is 1. The first-order valence-corrected chi connectivity index (χ1v) is 8.61. The van der Waals surface area contributed by atoms with Gasteiger partial charge in [-0.2, -0.15) is 0 Å². The Bertz CT molecular complexity index is 982. The van der Waals surface area contributed by atoms with Crippen LogP contribution in [0.25, 0.3) is 27.8 Å². The minimum atomic E-state index is 0.454. The fraction of sp³-hybridized carbons (Fsp3) is 0.263. The Morgan fingerprint density at radius 3 is 2.67 bits per heavy atom. The van der Waals surface area contributed by atoms with Crippen molar-refractivity contribution in [1.29, 1.82) is 0 Å². The summed E-state index contributed by atoms with van der Waals surface area (Å²) >= 11 is 6.47. The SMILES string of the molecule is CC.CC(C)c1cc2cc(Cl)c(-c3cn4ccnc4cn3)cc2[nH]1. The van der Waals surface area contributed by atoms with E-state index in [4.69, 9.17) is 11.6 Å². The Hall–Kier alpha value is -2.33. The largest absolute Gasteiger partial charge is 0.358 e. The third kappa shape index (κ3) is 2.89. The minimum absolute atomic E-state index is 0.454. The van der Waals surface area contributed by atoms with E-state index in [1.54, 1.807) is 12.4 Å². The maximum absolute atomic E-state index is 6.47. The second kappa shape index (κ2) is 6.65. The van der Waals surface area contributed by atoms with Gasteiger partial charge in [0.05, 0.1) is 16.9 Å². The van der Waals surface area contributed by atoms with Crippen molar-refractivity contribution in [3.63, 3.8) is 0 Å². The van der Waals surface area contributed by atoms with Crippen LogP contribution >= 0.6 is 11.6 Å². The molecule has 0 aliphatic heterocycles. The monoisotopic (exact) mass is 340 g/mol. The molecule has 124 valence electrons. The van der Waals surface area contributed by atoms with Crippen molar-refractivity contribution in [2.75, 3.05) is 0 Å². The topological polar surface area (TPSA) is 46.0 Å². The van der Waals surface area contributed by atoms with Crippen LogP contribution in [0.1, 0.15) is 39.3 Å². The van der Waals surface area contributed by atoms with E-state index in [2.05, 4.69) is 40.9 Å². The van der Waals surface area contributed by atoms with Gasteiger partial charge in [-0.15, -0.1) is 0 Å². The molecule has 0 amide bonds. The number of nitrogens with one attached hydrogen (secondary N) is 1. The van der Waals surface area contributed by atoms with Crippen LogP contribution in [0.15, 0.2) is 43.0 Å². The van der Waals surface area contributed by atoms with Crippen LogP contribution in [0.5, 0.6) is 0 Å². The van der Waals surface area contributed by atoms with Crippen LogP contribution < -0.4 is 0 Å². The van der Waals surface area contributed by atoms with Crippen LogP contribution in [-0.4, -0.2) is 19.4 Å². The molecule has 24 heavy (non-hydrogen) atoms. The maximum Gasteiger partial charge on any atom is 0.155 e. The Labute approximate surface area is 146 Å². The van der Waals surface area contributed by atoms with E-state index in [1.165, 1.54) is 5.69 Å². The molecule has 3 aromatic heterocycles. The first kappa shape index (κ1) is 16.5. The van der Waals surface area contributed by atoms with Gasteiger partial charge < -0.3 is 9.38 Å². The van der Waals surface area contributed by atoms with E-state index in [1.807, 2.05) is 36.7 Å². The highest BCUT2D eigenvalue weighted by atomic mass is 35.5. The smallest absolute Gasteiger partial charge is 0.155 e. The summed E-state index contributed by atoms with van der Waals surface area (Å²) in [5.74, 6) is 0.454. The van der Waals surface area contributed by atoms with E-state index in [9.17, 15) is 0 Å². The maximum atomic E-state index is 6.47. The second-order valence-electron chi connectivity index (χ2n) is 5.76. The van der Waals surface area contributed by atoms with Crippen molar-refractivity contribution in [2.45, 2.75) is 33.6 Å². The van der Waals surface area contributed by atoms with Gasteiger partial charge in [-0.1, -0.05) is 39.3 Å². The molecule has 0 unspecified atom stereocenters. The zero-order valence-corrected chi connectivity index (χ0v) is 15.1. The average Bonchev–Trinajstić information content (AvgIpc) is 3.21. The Balaban J connectivity index is 0.000000815. The van der Waals surface area contributed by atoms with Crippen LogP contribution in [0.3, 0.4) is 0 Å². The molecular weight excluding hydrogens is 320 g/mol. The van der Waals surface area contributed by atoms with Crippen molar-refractivity contribution in [3.8, 4) is 11.3 Å². The van der Waals surface area contributed by atoms with E-state index >= 15 is 0 Å². The van der Waals surface area contributed by atoms with Crippen molar-refractivity contribution in [3.05, 3.63) is 53.7 Å². The van der Waals surface area contributed by atoms with Crippen molar-refractivity contribution in [2.24, 2.45) is 0 Å². The number of hydrogen-bond acceptors (Lipinski definition) is 2. The third-order valence-corrected chi connectivity index (χ3v) is 4.22. The Morgan fingerprint density at radius 1 is 1.12 bits per heavy atom. The second-order valence-corrected chi connectivity index (χ2v) is 6.17. The molecule has 0 aliphatic rings. The van der Waals surface area contributed by atoms with E-state index < -0.39 is 0 Å². The highest BCUT2D eigenvalue weighted by Gasteiger charge is 2.11. The normalized spacial score (nSPS) is 11.1. The number of aromatic amines is 1.